The van der Waals surface area contributed by atoms with Crippen molar-refractivity contribution < 1.29 is 9.53 Å². The first kappa shape index (κ1) is 18.7. The summed E-state index contributed by atoms with van der Waals surface area (Å²) in [5.41, 5.74) is 3.77. The number of methoxy groups -OCH3 is 1. The van der Waals surface area contributed by atoms with E-state index in [4.69, 9.17) is 4.74 Å². The maximum absolute atomic E-state index is 13.1. The zero-order valence-corrected chi connectivity index (χ0v) is 15.6. The van der Waals surface area contributed by atoms with Crippen molar-refractivity contribution in [3.63, 3.8) is 0 Å². The van der Waals surface area contributed by atoms with Crippen molar-refractivity contribution in [2.45, 2.75) is 19.5 Å². The normalized spacial score (nSPS) is 11.6. The third-order valence-electron chi connectivity index (χ3n) is 4.36. The largest absolute Gasteiger partial charge is 0.495 e. The number of carbonyl (C=O) groups excluding carboxylic acids is 1. The molecule has 0 aliphatic carbocycles. The second-order valence-electron chi connectivity index (χ2n) is 6.40. The van der Waals surface area contributed by atoms with Gasteiger partial charge in [-0.2, -0.15) is 0 Å². The fourth-order valence-corrected chi connectivity index (χ4v) is 2.95. The summed E-state index contributed by atoms with van der Waals surface area (Å²) in [6, 6.07) is 25.0. The van der Waals surface area contributed by atoms with Gasteiger partial charge < -0.3 is 10.1 Å². The van der Waals surface area contributed by atoms with Crippen LogP contribution < -0.4 is 15.4 Å². The maximum atomic E-state index is 13.1. The minimum atomic E-state index is -0.475. The van der Waals surface area contributed by atoms with Gasteiger partial charge in [-0.15, -0.1) is 0 Å². The Kier molecular flexibility index (Phi) is 6.23. The van der Waals surface area contributed by atoms with E-state index in [1.165, 1.54) is 0 Å². The fourth-order valence-electron chi connectivity index (χ4n) is 2.95. The monoisotopic (exact) mass is 360 g/mol. The molecule has 0 aliphatic heterocycles. The van der Waals surface area contributed by atoms with E-state index in [1.54, 1.807) is 7.11 Å². The van der Waals surface area contributed by atoms with Crippen LogP contribution in [0.5, 0.6) is 5.75 Å². The minimum Gasteiger partial charge on any atom is -0.495 e. The summed E-state index contributed by atoms with van der Waals surface area (Å²) in [5, 5.41) is 6.38. The molecule has 0 spiro atoms. The Morgan fingerprint density at radius 2 is 1.63 bits per heavy atom. The average Bonchev–Trinajstić information content (AvgIpc) is 2.70. The summed E-state index contributed by atoms with van der Waals surface area (Å²) in [6.45, 7) is 2.58. The van der Waals surface area contributed by atoms with E-state index in [0.29, 0.717) is 18.0 Å². The molecule has 1 amide bonds. The van der Waals surface area contributed by atoms with Gasteiger partial charge in [0.2, 0.25) is 5.91 Å². The van der Waals surface area contributed by atoms with Crippen molar-refractivity contribution in [1.82, 2.24) is 5.32 Å². The summed E-state index contributed by atoms with van der Waals surface area (Å²) in [6.07, 6.45) is 0. The molecule has 0 bridgehead atoms. The number of rotatable bonds is 7. The van der Waals surface area contributed by atoms with Crippen LogP contribution in [0, 0.1) is 6.92 Å². The second-order valence-corrected chi connectivity index (χ2v) is 6.40. The Hall–Kier alpha value is -3.11. The van der Waals surface area contributed by atoms with Gasteiger partial charge in [-0.05, 0) is 35.7 Å². The third kappa shape index (κ3) is 4.96. The van der Waals surface area contributed by atoms with E-state index >= 15 is 0 Å². The van der Waals surface area contributed by atoms with Gasteiger partial charge in [0.25, 0.3) is 0 Å². The smallest absolute Gasteiger partial charge is 0.246 e. The second kappa shape index (κ2) is 9.01. The van der Waals surface area contributed by atoms with E-state index in [9.17, 15) is 4.79 Å². The molecule has 3 aromatic rings. The van der Waals surface area contributed by atoms with Gasteiger partial charge in [0.05, 0.1) is 12.8 Å². The molecule has 0 heterocycles. The Labute approximate surface area is 160 Å². The van der Waals surface area contributed by atoms with E-state index < -0.39 is 6.04 Å². The molecule has 1 atom stereocenters. The molecule has 3 rings (SSSR count). The van der Waals surface area contributed by atoms with Crippen LogP contribution in [0.3, 0.4) is 0 Å². The first-order chi connectivity index (χ1) is 13.2. The quantitative estimate of drug-likeness (QED) is 0.653. The van der Waals surface area contributed by atoms with Crippen LogP contribution in [-0.2, 0) is 11.3 Å². The Bertz CT molecular complexity index is 879. The van der Waals surface area contributed by atoms with Gasteiger partial charge >= 0.3 is 0 Å². The molecule has 27 heavy (non-hydrogen) atoms. The number of benzene rings is 3. The molecule has 138 valence electrons. The van der Waals surface area contributed by atoms with Crippen molar-refractivity contribution in [2.75, 3.05) is 12.4 Å². The average molecular weight is 360 g/mol. The van der Waals surface area contributed by atoms with Crippen molar-refractivity contribution >= 4 is 11.6 Å². The number of ether oxygens (including phenoxy) is 1. The lowest BCUT2D eigenvalue weighted by molar-refractivity contribution is -0.118. The predicted molar refractivity (Wildman–Crippen MR) is 109 cm³/mol. The highest BCUT2D eigenvalue weighted by Gasteiger charge is 2.21. The lowest BCUT2D eigenvalue weighted by Gasteiger charge is -2.20. The molecule has 0 aliphatic rings. The van der Waals surface area contributed by atoms with E-state index in [1.807, 2.05) is 85.8 Å². The molecule has 4 heteroatoms. The number of amides is 1. The predicted octanol–water partition coefficient (Wildman–Crippen LogP) is 4.47. The van der Waals surface area contributed by atoms with Crippen LogP contribution >= 0.6 is 0 Å². The maximum Gasteiger partial charge on any atom is 0.246 e. The molecular weight excluding hydrogens is 336 g/mol. The molecule has 0 saturated carbocycles. The molecule has 0 unspecified atom stereocenters. The summed E-state index contributed by atoms with van der Waals surface area (Å²) in [7, 11) is 1.60. The van der Waals surface area contributed by atoms with E-state index in [2.05, 4.69) is 10.6 Å². The Balaban J connectivity index is 1.82. The first-order valence-corrected chi connectivity index (χ1v) is 8.95. The summed E-state index contributed by atoms with van der Waals surface area (Å²) in [5.74, 6) is 0.518. The fraction of sp³-hybridized carbons (Fsp3) is 0.174. The van der Waals surface area contributed by atoms with Crippen LogP contribution in [-0.4, -0.2) is 13.0 Å². The van der Waals surface area contributed by atoms with Crippen molar-refractivity contribution in [1.29, 1.82) is 0 Å². The topological polar surface area (TPSA) is 50.4 Å². The standard InChI is InChI=1S/C23H24N2O2/c1-17-13-14-21(27-2)20(15-17)25-23(26)22(19-11-7-4-8-12-19)24-16-18-9-5-3-6-10-18/h3-15,22,24H,16H2,1-2H3,(H,25,26)/t22-/m0/s1. The lowest BCUT2D eigenvalue weighted by Crippen LogP contribution is -2.32. The van der Waals surface area contributed by atoms with Gasteiger partial charge in [0.15, 0.2) is 0 Å². The number of hydrogen-bond donors (Lipinski definition) is 2. The highest BCUT2D eigenvalue weighted by molar-refractivity contribution is 5.96. The van der Waals surface area contributed by atoms with Crippen molar-refractivity contribution in [3.8, 4) is 5.75 Å². The number of nitrogens with one attached hydrogen (secondary N) is 2. The van der Waals surface area contributed by atoms with Gasteiger partial charge in [-0.25, -0.2) is 0 Å². The SMILES string of the molecule is COc1ccc(C)cc1NC(=O)[C@@H](NCc1ccccc1)c1ccccc1. The number of hydrogen-bond acceptors (Lipinski definition) is 3. The Morgan fingerprint density at radius 1 is 0.963 bits per heavy atom. The molecule has 0 aromatic heterocycles. The van der Waals surface area contributed by atoms with Crippen LogP contribution in [0.4, 0.5) is 5.69 Å². The molecule has 0 fully saturated rings. The zero-order chi connectivity index (χ0) is 19.1. The molecular formula is C23H24N2O2. The molecule has 3 aromatic carbocycles. The lowest BCUT2D eigenvalue weighted by atomic mass is 10.1. The highest BCUT2D eigenvalue weighted by Crippen LogP contribution is 2.26. The summed E-state index contributed by atoms with van der Waals surface area (Å²) >= 11 is 0. The van der Waals surface area contributed by atoms with Gasteiger partial charge in [0, 0.05) is 6.54 Å². The van der Waals surface area contributed by atoms with E-state index in [-0.39, 0.29) is 5.91 Å². The van der Waals surface area contributed by atoms with Gasteiger partial charge in [0.1, 0.15) is 11.8 Å². The number of anilines is 1. The third-order valence-corrected chi connectivity index (χ3v) is 4.36. The van der Waals surface area contributed by atoms with Crippen LogP contribution in [0.2, 0.25) is 0 Å². The number of carbonyl (C=O) groups is 1. The molecule has 0 saturated heterocycles. The zero-order valence-electron chi connectivity index (χ0n) is 15.6. The van der Waals surface area contributed by atoms with Gasteiger partial charge in [-0.1, -0.05) is 66.7 Å². The summed E-state index contributed by atoms with van der Waals surface area (Å²) in [4.78, 5) is 13.1. The van der Waals surface area contributed by atoms with Gasteiger partial charge in [-0.3, -0.25) is 10.1 Å². The van der Waals surface area contributed by atoms with E-state index in [0.717, 1.165) is 16.7 Å². The molecule has 2 N–H and O–H groups in total. The van der Waals surface area contributed by atoms with Crippen molar-refractivity contribution in [3.05, 3.63) is 95.6 Å². The van der Waals surface area contributed by atoms with Crippen LogP contribution in [0.1, 0.15) is 22.7 Å². The molecule has 0 radical (unpaired) electrons. The van der Waals surface area contributed by atoms with Crippen LogP contribution in [0.25, 0.3) is 0 Å². The Morgan fingerprint density at radius 3 is 2.30 bits per heavy atom. The minimum absolute atomic E-state index is 0.124. The molecule has 4 nitrogen and oxygen atoms in total. The highest BCUT2D eigenvalue weighted by atomic mass is 16.5. The first-order valence-electron chi connectivity index (χ1n) is 8.95. The number of aryl methyl sites for hydroxylation is 1. The van der Waals surface area contributed by atoms with Crippen molar-refractivity contribution in [2.24, 2.45) is 0 Å². The summed E-state index contributed by atoms with van der Waals surface area (Å²) < 4.78 is 5.38. The van der Waals surface area contributed by atoms with Crippen LogP contribution in [0.15, 0.2) is 78.9 Å².